The lowest BCUT2D eigenvalue weighted by atomic mass is 10.0. The van der Waals surface area contributed by atoms with Crippen molar-refractivity contribution in [2.75, 3.05) is 0 Å². The molecule has 0 saturated carbocycles. The number of halogens is 1. The molecule has 2 aromatic carbocycles. The molecule has 0 aliphatic heterocycles. The molecular weight excluding hydrogens is 260 g/mol. The topological polar surface area (TPSA) is 34.1 Å². The van der Waals surface area contributed by atoms with Gasteiger partial charge in [-0.2, -0.15) is 0 Å². The first-order chi connectivity index (χ1) is 9.06. The monoisotopic (exact) mass is 272 g/mol. The third-order valence-corrected chi connectivity index (χ3v) is 3.11. The van der Waals surface area contributed by atoms with Crippen LogP contribution >= 0.6 is 11.6 Å². The molecule has 2 nitrogen and oxygen atoms in total. The van der Waals surface area contributed by atoms with E-state index in [-0.39, 0.29) is 18.0 Å². The predicted molar refractivity (Wildman–Crippen MR) is 75.9 cm³/mol. The molecule has 0 saturated heterocycles. The Bertz CT molecular complexity index is 542. The van der Waals surface area contributed by atoms with Gasteiger partial charge in [-0.1, -0.05) is 41.4 Å². The minimum atomic E-state index is -0.192. The van der Waals surface area contributed by atoms with Crippen LogP contribution in [0.5, 0.6) is 0 Å². The zero-order valence-electron chi connectivity index (χ0n) is 10.5. The van der Waals surface area contributed by atoms with E-state index in [1.54, 1.807) is 36.4 Å². The van der Waals surface area contributed by atoms with E-state index in [1.807, 2.05) is 19.1 Å². The molecule has 96 valence electrons. The van der Waals surface area contributed by atoms with Crippen molar-refractivity contribution in [2.45, 2.75) is 13.3 Å². The number of aryl methyl sites for hydroxylation is 1. The second-order valence-corrected chi connectivity index (χ2v) is 4.83. The largest absolute Gasteiger partial charge is 0.294 e. The van der Waals surface area contributed by atoms with Gasteiger partial charge in [0.05, 0.1) is 6.42 Å². The first-order valence-corrected chi connectivity index (χ1v) is 6.33. The van der Waals surface area contributed by atoms with E-state index in [9.17, 15) is 9.59 Å². The van der Waals surface area contributed by atoms with E-state index < -0.39 is 0 Å². The fourth-order valence-corrected chi connectivity index (χ4v) is 1.85. The Balaban J connectivity index is 2.08. The van der Waals surface area contributed by atoms with Gasteiger partial charge in [-0.05, 0) is 31.2 Å². The van der Waals surface area contributed by atoms with Crippen LogP contribution in [0.1, 0.15) is 32.7 Å². The fourth-order valence-electron chi connectivity index (χ4n) is 1.73. The lowest BCUT2D eigenvalue weighted by molar-refractivity contribution is 0.0894. The van der Waals surface area contributed by atoms with Gasteiger partial charge in [-0.3, -0.25) is 9.59 Å². The number of rotatable bonds is 4. The Labute approximate surface area is 117 Å². The summed E-state index contributed by atoms with van der Waals surface area (Å²) < 4.78 is 0. The zero-order chi connectivity index (χ0) is 13.8. The van der Waals surface area contributed by atoms with E-state index >= 15 is 0 Å². The standard InChI is InChI=1S/C16H13ClO2/c1-11-2-4-12(5-3-11)15(18)10-16(19)13-6-8-14(17)9-7-13/h2-9H,10H2,1H3. The van der Waals surface area contributed by atoms with Gasteiger partial charge in [-0.15, -0.1) is 0 Å². The minimum absolute atomic E-state index is 0.120. The van der Waals surface area contributed by atoms with Crippen molar-refractivity contribution in [3.05, 3.63) is 70.2 Å². The highest BCUT2D eigenvalue weighted by molar-refractivity contribution is 6.30. The van der Waals surface area contributed by atoms with Gasteiger partial charge >= 0.3 is 0 Å². The van der Waals surface area contributed by atoms with Crippen LogP contribution < -0.4 is 0 Å². The van der Waals surface area contributed by atoms with E-state index in [2.05, 4.69) is 0 Å². The predicted octanol–water partition coefficient (Wildman–Crippen LogP) is 4.10. The maximum Gasteiger partial charge on any atom is 0.170 e. The highest BCUT2D eigenvalue weighted by Crippen LogP contribution is 2.13. The fraction of sp³-hybridized carbons (Fsp3) is 0.125. The van der Waals surface area contributed by atoms with Gasteiger partial charge in [0, 0.05) is 16.1 Å². The molecule has 0 fully saturated rings. The highest BCUT2D eigenvalue weighted by Gasteiger charge is 2.13. The zero-order valence-corrected chi connectivity index (χ0v) is 11.3. The van der Waals surface area contributed by atoms with Crippen LogP contribution in [0.2, 0.25) is 5.02 Å². The van der Waals surface area contributed by atoms with Gasteiger partial charge in [-0.25, -0.2) is 0 Å². The molecule has 0 aliphatic carbocycles. The van der Waals surface area contributed by atoms with Crippen molar-refractivity contribution in [3.63, 3.8) is 0 Å². The molecule has 2 rings (SSSR count). The minimum Gasteiger partial charge on any atom is -0.294 e. The number of carbonyl (C=O) groups is 2. The molecule has 0 N–H and O–H groups in total. The molecule has 0 radical (unpaired) electrons. The van der Waals surface area contributed by atoms with Crippen molar-refractivity contribution < 1.29 is 9.59 Å². The van der Waals surface area contributed by atoms with Gasteiger partial charge < -0.3 is 0 Å². The Morgan fingerprint density at radius 2 is 1.26 bits per heavy atom. The molecule has 0 unspecified atom stereocenters. The van der Waals surface area contributed by atoms with Gasteiger partial charge in [0.2, 0.25) is 0 Å². The molecule has 19 heavy (non-hydrogen) atoms. The van der Waals surface area contributed by atoms with Crippen molar-refractivity contribution in [1.29, 1.82) is 0 Å². The second-order valence-electron chi connectivity index (χ2n) is 4.40. The third-order valence-electron chi connectivity index (χ3n) is 2.86. The summed E-state index contributed by atoms with van der Waals surface area (Å²) in [5, 5.41) is 0.571. The van der Waals surface area contributed by atoms with Crippen LogP contribution in [-0.2, 0) is 0 Å². The van der Waals surface area contributed by atoms with Crippen molar-refractivity contribution >= 4 is 23.2 Å². The van der Waals surface area contributed by atoms with Crippen molar-refractivity contribution in [2.24, 2.45) is 0 Å². The number of hydrogen-bond donors (Lipinski definition) is 0. The summed E-state index contributed by atoms with van der Waals surface area (Å²) in [6.07, 6.45) is -0.120. The lowest BCUT2D eigenvalue weighted by Crippen LogP contribution is -2.08. The molecule has 0 heterocycles. The lowest BCUT2D eigenvalue weighted by Gasteiger charge is -2.02. The van der Waals surface area contributed by atoms with Crippen molar-refractivity contribution in [3.8, 4) is 0 Å². The number of benzene rings is 2. The van der Waals surface area contributed by atoms with Gasteiger partial charge in [0.1, 0.15) is 0 Å². The van der Waals surface area contributed by atoms with Crippen LogP contribution in [0.4, 0.5) is 0 Å². The second kappa shape index (κ2) is 5.81. The third kappa shape index (κ3) is 3.52. The number of ketones is 2. The first-order valence-electron chi connectivity index (χ1n) is 5.95. The molecular formula is C16H13ClO2. The number of carbonyl (C=O) groups excluding carboxylic acids is 2. The Hall–Kier alpha value is -1.93. The van der Waals surface area contributed by atoms with Gasteiger partial charge in [0.25, 0.3) is 0 Å². The Morgan fingerprint density at radius 1 is 0.842 bits per heavy atom. The quantitative estimate of drug-likeness (QED) is 0.620. The molecule has 2 aromatic rings. The SMILES string of the molecule is Cc1ccc(C(=O)CC(=O)c2ccc(Cl)cc2)cc1. The summed E-state index contributed by atoms with van der Waals surface area (Å²) in [4.78, 5) is 23.9. The summed E-state index contributed by atoms with van der Waals surface area (Å²) >= 11 is 5.75. The molecule has 0 spiro atoms. The van der Waals surface area contributed by atoms with Gasteiger partial charge in [0.15, 0.2) is 11.6 Å². The summed E-state index contributed by atoms with van der Waals surface area (Å²) in [6, 6.07) is 13.8. The maximum atomic E-state index is 12.0. The van der Waals surface area contributed by atoms with E-state index in [0.29, 0.717) is 16.1 Å². The number of Topliss-reactive ketones (excluding diaryl/α,β-unsaturated/α-hetero) is 2. The summed E-state index contributed by atoms with van der Waals surface area (Å²) in [5.41, 5.74) is 2.15. The Morgan fingerprint density at radius 3 is 1.74 bits per heavy atom. The first kappa shape index (κ1) is 13.5. The van der Waals surface area contributed by atoms with Crippen LogP contribution in [0.25, 0.3) is 0 Å². The molecule has 0 aliphatic rings. The molecule has 0 aromatic heterocycles. The molecule has 0 atom stereocenters. The summed E-state index contributed by atoms with van der Waals surface area (Å²) in [5.74, 6) is -0.359. The van der Waals surface area contributed by atoms with E-state index in [1.165, 1.54) is 0 Å². The van der Waals surface area contributed by atoms with E-state index in [4.69, 9.17) is 11.6 Å². The molecule has 0 bridgehead atoms. The average molecular weight is 273 g/mol. The van der Waals surface area contributed by atoms with Crippen LogP contribution in [0, 0.1) is 6.92 Å². The Kier molecular flexibility index (Phi) is 4.13. The summed E-state index contributed by atoms with van der Waals surface area (Å²) in [6.45, 7) is 1.95. The molecule has 0 amide bonds. The van der Waals surface area contributed by atoms with Crippen molar-refractivity contribution in [1.82, 2.24) is 0 Å². The van der Waals surface area contributed by atoms with Crippen LogP contribution in [0.15, 0.2) is 48.5 Å². The van der Waals surface area contributed by atoms with E-state index in [0.717, 1.165) is 5.56 Å². The maximum absolute atomic E-state index is 12.0. The number of hydrogen-bond acceptors (Lipinski definition) is 2. The van der Waals surface area contributed by atoms with Crippen LogP contribution in [0.3, 0.4) is 0 Å². The smallest absolute Gasteiger partial charge is 0.170 e. The normalized spacial score (nSPS) is 10.2. The average Bonchev–Trinajstić information content (AvgIpc) is 2.40. The highest BCUT2D eigenvalue weighted by atomic mass is 35.5. The molecule has 3 heteroatoms. The van der Waals surface area contributed by atoms with Crippen LogP contribution in [-0.4, -0.2) is 11.6 Å². The summed E-state index contributed by atoms with van der Waals surface area (Å²) in [7, 11) is 0.